The predicted molar refractivity (Wildman–Crippen MR) is 103 cm³/mol. The van der Waals surface area contributed by atoms with Crippen molar-refractivity contribution < 1.29 is 0 Å². The molecule has 0 unspecified atom stereocenters. The molecule has 0 saturated carbocycles. The molecule has 0 amide bonds. The molecule has 0 aromatic carbocycles. The summed E-state index contributed by atoms with van der Waals surface area (Å²) in [5.41, 5.74) is 0.877. The third-order valence-corrected chi connectivity index (χ3v) is 4.24. The Morgan fingerprint density at radius 3 is 2.52 bits per heavy atom. The number of pyridine rings is 1. The van der Waals surface area contributed by atoms with Crippen molar-refractivity contribution in [2.45, 2.75) is 46.2 Å². The van der Waals surface area contributed by atoms with Crippen LogP contribution in [0.2, 0.25) is 0 Å². The van der Waals surface area contributed by atoms with Crippen LogP contribution in [0.25, 0.3) is 5.65 Å². The fourth-order valence-electron chi connectivity index (χ4n) is 2.99. The molecule has 25 heavy (non-hydrogen) atoms. The minimum atomic E-state index is 0.540. The van der Waals surface area contributed by atoms with Gasteiger partial charge in [0.1, 0.15) is 5.82 Å². The van der Waals surface area contributed by atoms with E-state index in [1.165, 1.54) is 0 Å². The standard InChI is InChI=1S/C18H31N7/c1-14(2)24(15(3)4)13-11-21-18(19-5)20-10-9-17-23-22-16-8-6-7-12-25(16)17/h6-8,12,14-15H,9-11,13H2,1-5H3,(H2,19,20,21). The number of hydrogen-bond donors (Lipinski definition) is 2. The van der Waals surface area contributed by atoms with Crippen molar-refractivity contribution in [3.63, 3.8) is 0 Å². The molecule has 0 saturated heterocycles. The number of aromatic nitrogens is 3. The van der Waals surface area contributed by atoms with Crippen LogP contribution in [0.3, 0.4) is 0 Å². The van der Waals surface area contributed by atoms with E-state index in [9.17, 15) is 0 Å². The van der Waals surface area contributed by atoms with Gasteiger partial charge in [-0.15, -0.1) is 10.2 Å². The molecule has 0 spiro atoms. The first-order valence-corrected chi connectivity index (χ1v) is 9.01. The van der Waals surface area contributed by atoms with E-state index in [-0.39, 0.29) is 0 Å². The third kappa shape index (κ3) is 5.42. The minimum absolute atomic E-state index is 0.540. The van der Waals surface area contributed by atoms with Crippen LogP contribution < -0.4 is 10.6 Å². The molecule has 0 aliphatic rings. The lowest BCUT2D eigenvalue weighted by Crippen LogP contribution is -2.45. The van der Waals surface area contributed by atoms with Crippen LogP contribution >= 0.6 is 0 Å². The molecule has 0 radical (unpaired) electrons. The van der Waals surface area contributed by atoms with Gasteiger partial charge in [0.05, 0.1) is 0 Å². The van der Waals surface area contributed by atoms with E-state index in [2.05, 4.69) is 58.4 Å². The lowest BCUT2D eigenvalue weighted by molar-refractivity contribution is 0.178. The fraction of sp³-hybridized carbons (Fsp3) is 0.611. The summed E-state index contributed by atoms with van der Waals surface area (Å²) in [5, 5.41) is 15.1. The van der Waals surface area contributed by atoms with Gasteiger partial charge in [-0.25, -0.2) is 0 Å². The van der Waals surface area contributed by atoms with Gasteiger partial charge in [0.25, 0.3) is 0 Å². The summed E-state index contributed by atoms with van der Waals surface area (Å²) >= 11 is 0. The maximum Gasteiger partial charge on any atom is 0.191 e. The Kier molecular flexibility index (Phi) is 7.18. The molecule has 2 heterocycles. The number of rotatable bonds is 8. The molecule has 2 aromatic heterocycles. The highest BCUT2D eigenvalue weighted by atomic mass is 15.3. The van der Waals surface area contributed by atoms with E-state index in [0.29, 0.717) is 12.1 Å². The molecule has 0 fully saturated rings. The molecular formula is C18H31N7. The summed E-state index contributed by atoms with van der Waals surface area (Å²) in [5.74, 6) is 1.77. The van der Waals surface area contributed by atoms with Crippen molar-refractivity contribution in [1.29, 1.82) is 0 Å². The van der Waals surface area contributed by atoms with Gasteiger partial charge in [-0.1, -0.05) is 6.07 Å². The number of aliphatic imine (C=N–C) groups is 1. The minimum Gasteiger partial charge on any atom is -0.356 e. The normalized spacial score (nSPS) is 12.6. The molecule has 7 nitrogen and oxygen atoms in total. The Labute approximate surface area is 150 Å². The van der Waals surface area contributed by atoms with Crippen molar-refractivity contribution >= 4 is 11.6 Å². The highest BCUT2D eigenvalue weighted by molar-refractivity contribution is 5.79. The maximum absolute atomic E-state index is 4.29. The highest BCUT2D eigenvalue weighted by Gasteiger charge is 2.12. The predicted octanol–water partition coefficient (Wildman–Crippen LogP) is 1.56. The molecule has 0 aliphatic carbocycles. The monoisotopic (exact) mass is 345 g/mol. The Morgan fingerprint density at radius 2 is 1.84 bits per heavy atom. The largest absolute Gasteiger partial charge is 0.356 e. The first kappa shape index (κ1) is 19.2. The number of guanidine groups is 1. The Hall–Kier alpha value is -2.15. The van der Waals surface area contributed by atoms with Crippen LogP contribution in [0.4, 0.5) is 0 Å². The van der Waals surface area contributed by atoms with E-state index in [4.69, 9.17) is 0 Å². The van der Waals surface area contributed by atoms with Gasteiger partial charge < -0.3 is 10.6 Å². The summed E-state index contributed by atoms with van der Waals surface area (Å²) in [7, 11) is 1.80. The van der Waals surface area contributed by atoms with Crippen molar-refractivity contribution in [1.82, 2.24) is 30.1 Å². The van der Waals surface area contributed by atoms with Crippen LogP contribution in [0, 0.1) is 0 Å². The SMILES string of the molecule is CN=C(NCCc1nnc2ccccn12)NCCN(C(C)C)C(C)C. The number of hydrogen-bond acceptors (Lipinski definition) is 4. The quantitative estimate of drug-likeness (QED) is 0.561. The average Bonchev–Trinajstić information content (AvgIpc) is 2.99. The zero-order chi connectivity index (χ0) is 18.2. The number of fused-ring (bicyclic) bond motifs is 1. The molecule has 138 valence electrons. The Bertz CT molecular complexity index is 667. The number of nitrogens with one attached hydrogen (secondary N) is 2. The summed E-state index contributed by atoms with van der Waals surface area (Å²) in [4.78, 5) is 6.75. The van der Waals surface area contributed by atoms with Gasteiger partial charge in [-0.3, -0.25) is 14.3 Å². The molecule has 0 atom stereocenters. The topological polar surface area (TPSA) is 69.8 Å². The van der Waals surface area contributed by atoms with Gasteiger partial charge in [0, 0.05) is 51.4 Å². The van der Waals surface area contributed by atoms with E-state index >= 15 is 0 Å². The lowest BCUT2D eigenvalue weighted by Gasteiger charge is -2.30. The van der Waals surface area contributed by atoms with E-state index in [1.54, 1.807) is 7.05 Å². The highest BCUT2D eigenvalue weighted by Crippen LogP contribution is 2.04. The first-order valence-electron chi connectivity index (χ1n) is 9.01. The van der Waals surface area contributed by atoms with Crippen LogP contribution in [-0.2, 0) is 6.42 Å². The van der Waals surface area contributed by atoms with Crippen LogP contribution in [0.5, 0.6) is 0 Å². The Balaban J connectivity index is 1.77. The van der Waals surface area contributed by atoms with E-state index in [1.807, 2.05) is 28.8 Å². The molecule has 0 aliphatic heterocycles. The molecular weight excluding hydrogens is 314 g/mol. The smallest absolute Gasteiger partial charge is 0.191 e. The van der Waals surface area contributed by atoms with E-state index in [0.717, 1.165) is 43.5 Å². The summed E-state index contributed by atoms with van der Waals surface area (Å²) in [6.07, 6.45) is 2.78. The maximum atomic E-state index is 4.29. The van der Waals surface area contributed by atoms with Crippen LogP contribution in [-0.4, -0.2) is 64.2 Å². The van der Waals surface area contributed by atoms with Gasteiger partial charge in [-0.2, -0.15) is 0 Å². The van der Waals surface area contributed by atoms with E-state index < -0.39 is 0 Å². The van der Waals surface area contributed by atoms with Crippen LogP contribution in [0.1, 0.15) is 33.5 Å². The Morgan fingerprint density at radius 1 is 1.12 bits per heavy atom. The van der Waals surface area contributed by atoms with Crippen molar-refractivity contribution in [2.75, 3.05) is 26.7 Å². The van der Waals surface area contributed by atoms with Crippen molar-refractivity contribution in [3.05, 3.63) is 30.2 Å². The molecule has 2 rings (SSSR count). The van der Waals surface area contributed by atoms with Crippen molar-refractivity contribution in [3.8, 4) is 0 Å². The fourth-order valence-corrected chi connectivity index (χ4v) is 2.99. The summed E-state index contributed by atoms with van der Waals surface area (Å²) in [6, 6.07) is 6.99. The van der Waals surface area contributed by atoms with Gasteiger partial charge in [0.2, 0.25) is 0 Å². The third-order valence-electron chi connectivity index (χ3n) is 4.24. The second-order valence-corrected chi connectivity index (χ2v) is 6.65. The molecule has 7 heteroatoms. The lowest BCUT2D eigenvalue weighted by atomic mass is 10.2. The molecule has 2 N–H and O–H groups in total. The number of nitrogens with zero attached hydrogens (tertiary/aromatic N) is 5. The average molecular weight is 345 g/mol. The summed E-state index contributed by atoms with van der Waals surface area (Å²) < 4.78 is 2.01. The van der Waals surface area contributed by atoms with Crippen molar-refractivity contribution in [2.24, 2.45) is 4.99 Å². The van der Waals surface area contributed by atoms with Gasteiger partial charge >= 0.3 is 0 Å². The summed E-state index contributed by atoms with van der Waals surface area (Å²) in [6.45, 7) is 11.5. The first-order chi connectivity index (χ1) is 12.0. The second kappa shape index (κ2) is 9.36. The zero-order valence-electron chi connectivity index (χ0n) is 16.0. The molecule has 0 bridgehead atoms. The molecule has 2 aromatic rings. The second-order valence-electron chi connectivity index (χ2n) is 6.65. The zero-order valence-corrected chi connectivity index (χ0v) is 16.0. The van der Waals surface area contributed by atoms with Crippen LogP contribution in [0.15, 0.2) is 29.4 Å². The van der Waals surface area contributed by atoms with Gasteiger partial charge in [-0.05, 0) is 39.8 Å². The van der Waals surface area contributed by atoms with Gasteiger partial charge in [0.15, 0.2) is 11.6 Å².